The summed E-state index contributed by atoms with van der Waals surface area (Å²) < 4.78 is 0. The van der Waals surface area contributed by atoms with Crippen molar-refractivity contribution >= 4 is 11.8 Å². The lowest BCUT2D eigenvalue weighted by atomic mass is 9.95. The van der Waals surface area contributed by atoms with E-state index in [0.29, 0.717) is 18.2 Å². The molecule has 1 aromatic rings. The highest BCUT2D eigenvalue weighted by Gasteiger charge is 2.18. The number of hydrogen-bond acceptors (Lipinski definition) is 2. The van der Waals surface area contributed by atoms with E-state index in [2.05, 4.69) is 10.6 Å². The highest BCUT2D eigenvalue weighted by atomic mass is 16.2. The molecule has 126 valence electrons. The van der Waals surface area contributed by atoms with Crippen molar-refractivity contribution in [2.45, 2.75) is 44.7 Å². The van der Waals surface area contributed by atoms with Crippen molar-refractivity contribution < 1.29 is 14.5 Å². The van der Waals surface area contributed by atoms with Gasteiger partial charge in [0.2, 0.25) is 0 Å². The van der Waals surface area contributed by atoms with E-state index in [1.165, 1.54) is 19.3 Å². The van der Waals surface area contributed by atoms with E-state index >= 15 is 0 Å². The van der Waals surface area contributed by atoms with Gasteiger partial charge in [0.1, 0.15) is 6.54 Å². The second-order valence-corrected chi connectivity index (χ2v) is 6.49. The van der Waals surface area contributed by atoms with Crippen LogP contribution in [0.4, 0.5) is 0 Å². The smallest absolute Gasteiger partial charge is 0.275 e. The summed E-state index contributed by atoms with van der Waals surface area (Å²) in [6, 6.07) is 7.92. The van der Waals surface area contributed by atoms with Gasteiger partial charge in [-0.25, -0.2) is 0 Å². The van der Waals surface area contributed by atoms with Crippen LogP contribution in [0, 0.1) is 0 Å². The molecule has 0 aliphatic heterocycles. The Kier molecular flexibility index (Phi) is 6.59. The lowest BCUT2D eigenvalue weighted by Crippen LogP contribution is -3.09. The first kappa shape index (κ1) is 17.5. The monoisotopic (exact) mass is 318 g/mol. The molecule has 1 saturated carbocycles. The number of amides is 2. The summed E-state index contributed by atoms with van der Waals surface area (Å²) in [6.45, 7) is 1.25. The maximum atomic E-state index is 12.1. The molecule has 1 aliphatic rings. The Morgan fingerprint density at radius 1 is 1.13 bits per heavy atom. The largest absolute Gasteiger partial charge is 0.355 e. The van der Waals surface area contributed by atoms with Crippen LogP contribution in [0.2, 0.25) is 0 Å². The van der Waals surface area contributed by atoms with Crippen LogP contribution >= 0.6 is 0 Å². The third-order valence-electron chi connectivity index (χ3n) is 4.38. The summed E-state index contributed by atoms with van der Waals surface area (Å²) in [5, 5.41) is 5.76. The fourth-order valence-corrected chi connectivity index (χ4v) is 3.13. The van der Waals surface area contributed by atoms with Crippen LogP contribution in [0.3, 0.4) is 0 Å². The molecule has 1 aromatic carbocycles. The second-order valence-electron chi connectivity index (χ2n) is 6.49. The van der Waals surface area contributed by atoms with Gasteiger partial charge in [-0.1, -0.05) is 31.4 Å². The number of carbonyl (C=O) groups excluding carboxylic acids is 2. The summed E-state index contributed by atoms with van der Waals surface area (Å²) in [5.74, 6) is 0.0560. The SMILES string of the molecule is CNC(=O)c1ccc(C[NH+](C)CC(=O)NC2CCCCC2)cc1. The lowest BCUT2D eigenvalue weighted by Gasteiger charge is -2.23. The lowest BCUT2D eigenvalue weighted by molar-refractivity contribution is -0.885. The van der Waals surface area contributed by atoms with Crippen molar-refractivity contribution in [2.24, 2.45) is 0 Å². The van der Waals surface area contributed by atoms with Gasteiger partial charge in [-0.3, -0.25) is 9.59 Å². The molecule has 5 nitrogen and oxygen atoms in total. The molecule has 5 heteroatoms. The van der Waals surface area contributed by atoms with E-state index in [4.69, 9.17) is 0 Å². The van der Waals surface area contributed by atoms with Crippen molar-refractivity contribution in [3.05, 3.63) is 35.4 Å². The third kappa shape index (κ3) is 5.67. The summed E-state index contributed by atoms with van der Waals surface area (Å²) >= 11 is 0. The maximum absolute atomic E-state index is 12.1. The third-order valence-corrected chi connectivity index (χ3v) is 4.38. The molecule has 1 aliphatic carbocycles. The zero-order valence-corrected chi connectivity index (χ0v) is 14.2. The van der Waals surface area contributed by atoms with E-state index < -0.39 is 0 Å². The molecule has 0 spiro atoms. The topological polar surface area (TPSA) is 62.6 Å². The number of rotatable bonds is 6. The van der Waals surface area contributed by atoms with Gasteiger partial charge >= 0.3 is 0 Å². The molecule has 2 rings (SSSR count). The Morgan fingerprint density at radius 2 is 1.78 bits per heavy atom. The Bertz CT molecular complexity index is 522. The molecule has 1 unspecified atom stereocenters. The number of likely N-dealkylation sites (N-methyl/N-ethyl adjacent to an activating group) is 1. The predicted molar refractivity (Wildman–Crippen MR) is 90.3 cm³/mol. The Balaban J connectivity index is 1.78. The maximum Gasteiger partial charge on any atom is 0.275 e. The zero-order valence-electron chi connectivity index (χ0n) is 14.2. The van der Waals surface area contributed by atoms with E-state index in [9.17, 15) is 9.59 Å². The first-order chi connectivity index (χ1) is 11.1. The average molecular weight is 318 g/mol. The van der Waals surface area contributed by atoms with Gasteiger partial charge in [0.05, 0.1) is 7.05 Å². The molecular formula is C18H28N3O2+. The number of benzene rings is 1. The van der Waals surface area contributed by atoms with Crippen molar-refractivity contribution in [1.82, 2.24) is 10.6 Å². The minimum Gasteiger partial charge on any atom is -0.355 e. The summed E-state index contributed by atoms with van der Waals surface area (Å²) in [4.78, 5) is 24.8. The highest BCUT2D eigenvalue weighted by molar-refractivity contribution is 5.93. The summed E-state index contributed by atoms with van der Waals surface area (Å²) in [6.07, 6.45) is 5.98. The van der Waals surface area contributed by atoms with Gasteiger partial charge in [0.25, 0.3) is 11.8 Å². The number of quaternary nitrogens is 1. The van der Waals surface area contributed by atoms with Crippen LogP contribution in [0.25, 0.3) is 0 Å². The van der Waals surface area contributed by atoms with Gasteiger partial charge in [0, 0.05) is 24.2 Å². The molecule has 2 amide bonds. The van der Waals surface area contributed by atoms with Gasteiger partial charge in [-0.15, -0.1) is 0 Å². The highest BCUT2D eigenvalue weighted by Crippen LogP contribution is 2.16. The van der Waals surface area contributed by atoms with Gasteiger partial charge in [-0.2, -0.15) is 0 Å². The van der Waals surface area contributed by atoms with Crippen molar-refractivity contribution in [3.8, 4) is 0 Å². The normalized spacial score (nSPS) is 16.6. The van der Waals surface area contributed by atoms with Gasteiger partial charge in [-0.05, 0) is 25.0 Å². The van der Waals surface area contributed by atoms with Crippen LogP contribution in [0.5, 0.6) is 0 Å². The fraction of sp³-hybridized carbons (Fsp3) is 0.556. The average Bonchev–Trinajstić information content (AvgIpc) is 2.55. The van der Waals surface area contributed by atoms with Crippen LogP contribution in [0.1, 0.15) is 48.0 Å². The van der Waals surface area contributed by atoms with Gasteiger partial charge < -0.3 is 15.5 Å². The first-order valence-electron chi connectivity index (χ1n) is 8.50. The van der Waals surface area contributed by atoms with E-state index in [1.54, 1.807) is 7.05 Å². The molecule has 1 fully saturated rings. The zero-order chi connectivity index (χ0) is 16.7. The summed E-state index contributed by atoms with van der Waals surface area (Å²) in [7, 11) is 3.65. The van der Waals surface area contributed by atoms with Crippen LogP contribution in [0.15, 0.2) is 24.3 Å². The van der Waals surface area contributed by atoms with Crippen LogP contribution < -0.4 is 15.5 Å². The molecule has 0 saturated heterocycles. The van der Waals surface area contributed by atoms with Crippen LogP contribution in [-0.4, -0.2) is 38.5 Å². The Morgan fingerprint density at radius 3 is 2.39 bits per heavy atom. The molecular weight excluding hydrogens is 290 g/mol. The standard InChI is InChI=1S/C18H27N3O2/c1-19-18(23)15-10-8-14(9-11-15)12-21(2)13-17(22)20-16-6-4-3-5-7-16/h8-11,16H,3-7,12-13H2,1-2H3,(H,19,23)(H,20,22)/p+1. The molecule has 23 heavy (non-hydrogen) atoms. The Labute approximate surface area is 138 Å². The van der Waals surface area contributed by atoms with Crippen LogP contribution in [-0.2, 0) is 11.3 Å². The predicted octanol–water partition coefficient (Wildman–Crippen LogP) is 0.510. The minimum absolute atomic E-state index is 0.0795. The Hall–Kier alpha value is -1.88. The molecule has 3 N–H and O–H groups in total. The van der Waals surface area contributed by atoms with E-state index in [1.807, 2.05) is 31.3 Å². The molecule has 0 heterocycles. The molecule has 0 aromatic heterocycles. The first-order valence-corrected chi connectivity index (χ1v) is 8.50. The fourth-order valence-electron chi connectivity index (χ4n) is 3.13. The van der Waals surface area contributed by atoms with Crippen molar-refractivity contribution in [2.75, 3.05) is 20.6 Å². The molecule has 1 atom stereocenters. The molecule has 0 bridgehead atoms. The quantitative estimate of drug-likeness (QED) is 0.716. The van der Waals surface area contributed by atoms with Crippen molar-refractivity contribution in [1.29, 1.82) is 0 Å². The molecule has 0 radical (unpaired) electrons. The minimum atomic E-state index is -0.0795. The van der Waals surface area contributed by atoms with E-state index in [-0.39, 0.29) is 11.8 Å². The summed E-state index contributed by atoms with van der Waals surface area (Å²) in [5.41, 5.74) is 1.78. The van der Waals surface area contributed by atoms with Gasteiger partial charge in [0.15, 0.2) is 6.54 Å². The van der Waals surface area contributed by atoms with E-state index in [0.717, 1.165) is 29.8 Å². The van der Waals surface area contributed by atoms with Crippen molar-refractivity contribution in [3.63, 3.8) is 0 Å². The number of carbonyl (C=O) groups is 2. The second kappa shape index (κ2) is 8.67. The number of hydrogen-bond donors (Lipinski definition) is 3. The number of nitrogens with one attached hydrogen (secondary N) is 3.